The van der Waals surface area contributed by atoms with Gasteiger partial charge in [-0.1, -0.05) is 22.9 Å². The Kier molecular flexibility index (Phi) is 4.48. The van der Waals surface area contributed by atoms with Crippen molar-refractivity contribution in [1.82, 2.24) is 0 Å². The molecule has 0 saturated carbocycles. The summed E-state index contributed by atoms with van der Waals surface area (Å²) in [5, 5.41) is 11.6. The van der Waals surface area contributed by atoms with E-state index in [1.807, 2.05) is 0 Å². The third kappa shape index (κ3) is 3.30. The number of aromatic carboxylic acids is 1. The molecule has 0 radical (unpaired) electrons. The van der Waals surface area contributed by atoms with Crippen molar-refractivity contribution in [2.24, 2.45) is 5.73 Å². The van der Waals surface area contributed by atoms with Crippen molar-refractivity contribution in [2.75, 3.05) is 5.32 Å². The number of amides is 1. The highest BCUT2D eigenvalue weighted by molar-refractivity contribution is 9.10. The summed E-state index contributed by atoms with van der Waals surface area (Å²) in [5.74, 6) is -1.52. The van der Waals surface area contributed by atoms with Gasteiger partial charge in [0.2, 0.25) is 5.91 Å². The van der Waals surface area contributed by atoms with Gasteiger partial charge in [-0.15, -0.1) is 0 Å². The zero-order chi connectivity index (χ0) is 13.9. The first kappa shape index (κ1) is 14.7. The van der Waals surface area contributed by atoms with E-state index in [2.05, 4.69) is 21.2 Å². The molecule has 98 valence electrons. The van der Waals surface area contributed by atoms with E-state index in [-0.39, 0.29) is 11.3 Å². The fraction of sp³-hybridized carbons (Fsp3) is 0.333. The maximum atomic E-state index is 11.9. The van der Waals surface area contributed by atoms with Gasteiger partial charge in [0.1, 0.15) is 0 Å². The molecule has 0 aliphatic heterocycles. The zero-order valence-electron chi connectivity index (χ0n) is 10.2. The Morgan fingerprint density at radius 2 is 2.11 bits per heavy atom. The molecule has 1 unspecified atom stereocenters. The van der Waals surface area contributed by atoms with Crippen molar-refractivity contribution < 1.29 is 14.7 Å². The maximum absolute atomic E-state index is 11.9. The molecular formula is C12H15BrN2O3. The molecule has 6 heteroatoms. The predicted molar refractivity (Wildman–Crippen MR) is 72.6 cm³/mol. The second-order valence-corrected chi connectivity index (χ2v) is 5.14. The molecule has 5 nitrogen and oxygen atoms in total. The topological polar surface area (TPSA) is 92.4 Å². The van der Waals surface area contributed by atoms with Gasteiger partial charge in [0.05, 0.1) is 16.8 Å². The molecule has 1 aromatic carbocycles. The van der Waals surface area contributed by atoms with E-state index in [4.69, 9.17) is 10.8 Å². The molecular weight excluding hydrogens is 300 g/mol. The summed E-state index contributed by atoms with van der Waals surface area (Å²) >= 11 is 3.18. The Labute approximate surface area is 113 Å². The Balaban J connectivity index is 3.05. The Morgan fingerprint density at radius 3 is 2.61 bits per heavy atom. The van der Waals surface area contributed by atoms with Gasteiger partial charge in [0.25, 0.3) is 0 Å². The minimum absolute atomic E-state index is 0.0182. The second-order valence-electron chi connectivity index (χ2n) is 4.22. The molecule has 1 atom stereocenters. The van der Waals surface area contributed by atoms with Crippen LogP contribution in [0.25, 0.3) is 0 Å². The third-order valence-electron chi connectivity index (χ3n) is 2.71. The van der Waals surface area contributed by atoms with Crippen LogP contribution in [0.5, 0.6) is 0 Å². The van der Waals surface area contributed by atoms with Crippen molar-refractivity contribution in [2.45, 2.75) is 25.8 Å². The number of carbonyl (C=O) groups is 2. The van der Waals surface area contributed by atoms with E-state index in [1.54, 1.807) is 19.9 Å². The fourth-order valence-electron chi connectivity index (χ4n) is 1.23. The van der Waals surface area contributed by atoms with Crippen LogP contribution in [-0.4, -0.2) is 22.5 Å². The Hall–Kier alpha value is -1.40. The van der Waals surface area contributed by atoms with Crippen LogP contribution < -0.4 is 11.1 Å². The molecule has 0 aromatic heterocycles. The van der Waals surface area contributed by atoms with E-state index < -0.39 is 17.4 Å². The molecule has 0 spiro atoms. The number of carboxylic acid groups (broad SMARTS) is 1. The smallest absolute Gasteiger partial charge is 0.337 e. The molecule has 0 aliphatic carbocycles. The number of rotatable bonds is 4. The molecule has 0 saturated heterocycles. The molecule has 0 aliphatic rings. The molecule has 1 rings (SSSR count). The van der Waals surface area contributed by atoms with E-state index >= 15 is 0 Å². The van der Waals surface area contributed by atoms with Crippen molar-refractivity contribution in [3.8, 4) is 0 Å². The summed E-state index contributed by atoms with van der Waals surface area (Å²) in [6.07, 6.45) is 0.456. The number of carboxylic acids is 1. The summed E-state index contributed by atoms with van der Waals surface area (Å²) in [6.45, 7) is 3.39. The quantitative estimate of drug-likeness (QED) is 0.794. The molecule has 4 N–H and O–H groups in total. The summed E-state index contributed by atoms with van der Waals surface area (Å²) in [6, 6.07) is 4.61. The molecule has 1 amide bonds. The normalized spacial score (nSPS) is 13.8. The van der Waals surface area contributed by atoms with Gasteiger partial charge in [0, 0.05) is 4.47 Å². The number of hydrogen-bond acceptors (Lipinski definition) is 3. The zero-order valence-corrected chi connectivity index (χ0v) is 11.7. The van der Waals surface area contributed by atoms with Gasteiger partial charge in [-0.2, -0.15) is 0 Å². The molecule has 0 bridgehead atoms. The predicted octanol–water partition coefficient (Wildman–Crippen LogP) is 2.21. The highest BCUT2D eigenvalue weighted by atomic mass is 79.9. The largest absolute Gasteiger partial charge is 0.478 e. The number of halogens is 1. The molecule has 18 heavy (non-hydrogen) atoms. The van der Waals surface area contributed by atoms with Gasteiger partial charge in [-0.05, 0) is 31.5 Å². The summed E-state index contributed by atoms with van der Waals surface area (Å²) in [5.41, 5.74) is 5.02. The number of benzene rings is 1. The Bertz CT molecular complexity index is 486. The molecule has 1 aromatic rings. The van der Waals surface area contributed by atoms with Crippen molar-refractivity contribution in [3.63, 3.8) is 0 Å². The van der Waals surface area contributed by atoms with Crippen molar-refractivity contribution >= 4 is 33.5 Å². The lowest BCUT2D eigenvalue weighted by Gasteiger charge is -2.22. The van der Waals surface area contributed by atoms with Crippen molar-refractivity contribution in [3.05, 3.63) is 28.2 Å². The van der Waals surface area contributed by atoms with Crippen LogP contribution in [0.1, 0.15) is 30.6 Å². The summed E-state index contributed by atoms with van der Waals surface area (Å²) in [7, 11) is 0. The van der Waals surface area contributed by atoms with E-state index in [9.17, 15) is 9.59 Å². The summed E-state index contributed by atoms with van der Waals surface area (Å²) in [4.78, 5) is 23.0. The van der Waals surface area contributed by atoms with Crippen LogP contribution in [0.4, 0.5) is 5.69 Å². The standard InChI is InChI=1S/C12H15BrN2O3/c1-3-12(2,14)11(18)15-9-5-4-7(13)6-8(9)10(16)17/h4-6H,3,14H2,1-2H3,(H,15,18)(H,16,17). The minimum Gasteiger partial charge on any atom is -0.478 e. The Morgan fingerprint density at radius 1 is 1.50 bits per heavy atom. The van der Waals surface area contributed by atoms with Crippen LogP contribution in [0, 0.1) is 0 Å². The number of nitrogens with one attached hydrogen (secondary N) is 1. The van der Waals surface area contributed by atoms with Gasteiger partial charge in [-0.25, -0.2) is 4.79 Å². The second kappa shape index (κ2) is 5.49. The van der Waals surface area contributed by atoms with Crippen LogP contribution >= 0.6 is 15.9 Å². The van der Waals surface area contributed by atoms with Crippen LogP contribution in [0.2, 0.25) is 0 Å². The SMILES string of the molecule is CCC(C)(N)C(=O)Nc1ccc(Br)cc1C(=O)O. The average Bonchev–Trinajstić information content (AvgIpc) is 2.31. The van der Waals surface area contributed by atoms with Crippen LogP contribution in [0.3, 0.4) is 0 Å². The monoisotopic (exact) mass is 314 g/mol. The van der Waals surface area contributed by atoms with E-state index in [0.29, 0.717) is 10.9 Å². The van der Waals surface area contributed by atoms with Gasteiger partial charge in [0.15, 0.2) is 0 Å². The lowest BCUT2D eigenvalue weighted by molar-refractivity contribution is -0.120. The lowest BCUT2D eigenvalue weighted by Crippen LogP contribution is -2.48. The molecule has 0 fully saturated rings. The number of carbonyl (C=O) groups excluding carboxylic acids is 1. The van der Waals surface area contributed by atoms with Crippen molar-refractivity contribution in [1.29, 1.82) is 0 Å². The highest BCUT2D eigenvalue weighted by Gasteiger charge is 2.27. The highest BCUT2D eigenvalue weighted by Crippen LogP contribution is 2.22. The third-order valence-corrected chi connectivity index (χ3v) is 3.21. The number of hydrogen-bond donors (Lipinski definition) is 3. The average molecular weight is 315 g/mol. The van der Waals surface area contributed by atoms with Crippen LogP contribution in [0.15, 0.2) is 22.7 Å². The maximum Gasteiger partial charge on any atom is 0.337 e. The molecule has 0 heterocycles. The minimum atomic E-state index is -1.11. The van der Waals surface area contributed by atoms with Crippen LogP contribution in [-0.2, 0) is 4.79 Å². The number of anilines is 1. The van der Waals surface area contributed by atoms with Gasteiger partial charge in [-0.3, -0.25) is 4.79 Å². The number of nitrogens with two attached hydrogens (primary N) is 1. The fourth-order valence-corrected chi connectivity index (χ4v) is 1.59. The van der Waals surface area contributed by atoms with E-state index in [1.165, 1.54) is 12.1 Å². The van der Waals surface area contributed by atoms with E-state index in [0.717, 1.165) is 0 Å². The van der Waals surface area contributed by atoms with Gasteiger partial charge < -0.3 is 16.2 Å². The first-order chi connectivity index (χ1) is 8.27. The summed E-state index contributed by atoms with van der Waals surface area (Å²) < 4.78 is 0.629. The first-order valence-electron chi connectivity index (χ1n) is 5.41. The first-order valence-corrected chi connectivity index (χ1v) is 6.20. The van der Waals surface area contributed by atoms with Gasteiger partial charge >= 0.3 is 5.97 Å². The lowest BCUT2D eigenvalue weighted by atomic mass is 9.99.